The maximum Gasteiger partial charge on any atom is 0.573 e. The number of aryl methyl sites for hydroxylation is 1. The molecule has 0 N–H and O–H groups in total. The van der Waals surface area contributed by atoms with Gasteiger partial charge >= 0.3 is 6.36 Å². The molecule has 0 unspecified atom stereocenters. The van der Waals surface area contributed by atoms with Crippen molar-refractivity contribution in [1.82, 2.24) is 14.8 Å². The van der Waals surface area contributed by atoms with Gasteiger partial charge in [-0.05, 0) is 30.5 Å². The van der Waals surface area contributed by atoms with Gasteiger partial charge in [-0.15, -0.1) is 29.9 Å². The van der Waals surface area contributed by atoms with Crippen LogP contribution in [0.4, 0.5) is 13.2 Å². The molecule has 0 amide bonds. The molecule has 3 rings (SSSR count). The summed E-state index contributed by atoms with van der Waals surface area (Å²) in [5.74, 6) is 1.12. The molecule has 1 aromatic carbocycles. The summed E-state index contributed by atoms with van der Waals surface area (Å²) in [4.78, 5) is 0. The van der Waals surface area contributed by atoms with Crippen molar-refractivity contribution in [1.29, 1.82) is 0 Å². The van der Waals surface area contributed by atoms with E-state index in [2.05, 4.69) is 21.5 Å². The van der Waals surface area contributed by atoms with Gasteiger partial charge in [-0.1, -0.05) is 30.0 Å². The highest BCUT2D eigenvalue weighted by atomic mass is 32.2. The number of rotatable bonds is 8. The number of ether oxygens (including phenoxy) is 1. The van der Waals surface area contributed by atoms with Crippen molar-refractivity contribution in [2.45, 2.75) is 36.8 Å². The fourth-order valence-corrected chi connectivity index (χ4v) is 5.81. The van der Waals surface area contributed by atoms with E-state index in [-0.39, 0.29) is 23.2 Å². The number of aromatic nitrogens is 3. The molecule has 0 aliphatic carbocycles. The van der Waals surface area contributed by atoms with Gasteiger partial charge in [0.25, 0.3) is 0 Å². The second kappa shape index (κ2) is 8.78. The molecule has 1 saturated heterocycles. The van der Waals surface area contributed by atoms with Gasteiger partial charge in [0.1, 0.15) is 11.6 Å². The average Bonchev–Trinajstić information content (AvgIpc) is 3.18. The van der Waals surface area contributed by atoms with E-state index in [1.54, 1.807) is 18.2 Å². The minimum absolute atomic E-state index is 0.0826. The molecule has 0 bridgehead atoms. The fraction of sp³-hybridized carbons (Fsp3) is 0.444. The second-order valence-corrected chi connectivity index (χ2v) is 9.92. The minimum atomic E-state index is -4.71. The van der Waals surface area contributed by atoms with Crippen LogP contribution in [0, 0.1) is 0 Å². The Kier molecular flexibility index (Phi) is 6.57. The Labute approximate surface area is 171 Å². The molecule has 6 nitrogen and oxygen atoms in total. The molecule has 0 radical (unpaired) electrons. The molecule has 2 heterocycles. The summed E-state index contributed by atoms with van der Waals surface area (Å²) in [6.07, 6.45) is -1.84. The SMILES string of the molecule is C=CCn1c(SCCc2ccc(OC(F)(F)F)cc2)nnc1[C@@H]1CCS(=O)(=O)C1. The van der Waals surface area contributed by atoms with Crippen molar-refractivity contribution in [3.05, 3.63) is 48.3 Å². The van der Waals surface area contributed by atoms with Gasteiger partial charge in [0, 0.05) is 18.2 Å². The third-order valence-electron chi connectivity index (χ3n) is 4.43. The molecule has 0 saturated carbocycles. The summed E-state index contributed by atoms with van der Waals surface area (Å²) in [6, 6.07) is 5.74. The highest BCUT2D eigenvalue weighted by molar-refractivity contribution is 7.99. The lowest BCUT2D eigenvalue weighted by molar-refractivity contribution is -0.274. The zero-order valence-corrected chi connectivity index (χ0v) is 17.1. The Hall–Kier alpha value is -2.01. The van der Waals surface area contributed by atoms with Gasteiger partial charge < -0.3 is 9.30 Å². The summed E-state index contributed by atoms with van der Waals surface area (Å²) >= 11 is 1.46. The lowest BCUT2D eigenvalue weighted by Gasteiger charge is -2.11. The van der Waals surface area contributed by atoms with Crippen LogP contribution in [0.15, 0.2) is 42.1 Å². The Morgan fingerprint density at radius 3 is 2.59 bits per heavy atom. The first-order chi connectivity index (χ1) is 13.7. The lowest BCUT2D eigenvalue weighted by atomic mass is 10.1. The van der Waals surface area contributed by atoms with Crippen molar-refractivity contribution in [2.24, 2.45) is 0 Å². The van der Waals surface area contributed by atoms with Gasteiger partial charge in [0.2, 0.25) is 0 Å². The number of sulfone groups is 1. The number of benzene rings is 1. The Morgan fingerprint density at radius 1 is 1.28 bits per heavy atom. The van der Waals surface area contributed by atoms with Crippen molar-refractivity contribution >= 4 is 21.6 Å². The molecule has 2 aromatic rings. The van der Waals surface area contributed by atoms with Gasteiger partial charge in [-0.25, -0.2) is 8.42 Å². The van der Waals surface area contributed by atoms with Crippen LogP contribution < -0.4 is 4.74 Å². The first-order valence-electron chi connectivity index (χ1n) is 8.89. The summed E-state index contributed by atoms with van der Waals surface area (Å²) < 4.78 is 65.9. The molecule has 1 aromatic heterocycles. The fourth-order valence-electron chi connectivity index (χ4n) is 3.13. The van der Waals surface area contributed by atoms with Crippen LogP contribution >= 0.6 is 11.8 Å². The number of halogens is 3. The van der Waals surface area contributed by atoms with Crippen molar-refractivity contribution in [3.8, 4) is 5.75 Å². The van der Waals surface area contributed by atoms with Crippen LogP contribution in [-0.2, 0) is 22.8 Å². The van der Waals surface area contributed by atoms with Crippen LogP contribution in [-0.4, -0.2) is 46.8 Å². The van der Waals surface area contributed by atoms with E-state index in [4.69, 9.17) is 0 Å². The van der Waals surface area contributed by atoms with E-state index >= 15 is 0 Å². The zero-order chi connectivity index (χ0) is 21.1. The number of hydrogen-bond donors (Lipinski definition) is 0. The minimum Gasteiger partial charge on any atom is -0.406 e. The van der Waals surface area contributed by atoms with E-state index in [1.165, 1.54) is 23.9 Å². The quantitative estimate of drug-likeness (QED) is 0.455. The maximum absolute atomic E-state index is 12.2. The van der Waals surface area contributed by atoms with Crippen LogP contribution in [0.5, 0.6) is 5.75 Å². The molecular weight excluding hydrogens is 427 g/mol. The van der Waals surface area contributed by atoms with E-state index in [1.807, 2.05) is 4.57 Å². The van der Waals surface area contributed by atoms with Crippen LogP contribution in [0.2, 0.25) is 0 Å². The summed E-state index contributed by atoms with van der Waals surface area (Å²) in [6.45, 7) is 4.22. The predicted molar refractivity (Wildman–Crippen MR) is 104 cm³/mol. The number of thioether (sulfide) groups is 1. The summed E-state index contributed by atoms with van der Waals surface area (Å²) in [5.41, 5.74) is 0.865. The van der Waals surface area contributed by atoms with Gasteiger partial charge in [0.05, 0.1) is 11.5 Å². The smallest absolute Gasteiger partial charge is 0.406 e. The van der Waals surface area contributed by atoms with Crippen molar-refractivity contribution in [2.75, 3.05) is 17.3 Å². The van der Waals surface area contributed by atoms with E-state index in [9.17, 15) is 21.6 Å². The molecule has 1 fully saturated rings. The van der Waals surface area contributed by atoms with Gasteiger partial charge in [-0.2, -0.15) is 0 Å². The van der Waals surface area contributed by atoms with Gasteiger partial charge in [-0.3, -0.25) is 0 Å². The van der Waals surface area contributed by atoms with Crippen LogP contribution in [0.1, 0.15) is 23.7 Å². The van der Waals surface area contributed by atoms with Crippen molar-refractivity contribution in [3.63, 3.8) is 0 Å². The van der Waals surface area contributed by atoms with Crippen LogP contribution in [0.3, 0.4) is 0 Å². The summed E-state index contributed by atoms with van der Waals surface area (Å²) in [5, 5.41) is 9.08. The molecule has 0 spiro atoms. The Balaban J connectivity index is 1.61. The lowest BCUT2D eigenvalue weighted by Crippen LogP contribution is -2.17. The number of alkyl halides is 3. The molecule has 29 heavy (non-hydrogen) atoms. The van der Waals surface area contributed by atoms with E-state index in [0.717, 1.165) is 5.56 Å². The first kappa shape index (κ1) is 21.7. The molecule has 158 valence electrons. The zero-order valence-electron chi connectivity index (χ0n) is 15.4. The maximum atomic E-state index is 12.2. The summed E-state index contributed by atoms with van der Waals surface area (Å²) in [7, 11) is -3.03. The normalized spacial score (nSPS) is 18.7. The highest BCUT2D eigenvalue weighted by Gasteiger charge is 2.33. The highest BCUT2D eigenvalue weighted by Crippen LogP contribution is 2.30. The standard InChI is InChI=1S/C18H20F3N3O3S2/c1-2-9-24-16(14-8-11-29(25,26)12-14)22-23-17(24)28-10-7-13-3-5-15(6-4-13)27-18(19,20)21/h2-6,14H,1,7-12H2/t14-/m1/s1. The number of allylic oxidation sites excluding steroid dienone is 1. The van der Waals surface area contributed by atoms with Crippen molar-refractivity contribution < 1.29 is 26.3 Å². The Bertz CT molecular complexity index is 957. The predicted octanol–water partition coefficient (Wildman–Crippen LogP) is 3.60. The number of nitrogens with zero attached hydrogens (tertiary/aromatic N) is 3. The monoisotopic (exact) mass is 447 g/mol. The average molecular weight is 448 g/mol. The third kappa shape index (κ3) is 5.99. The third-order valence-corrected chi connectivity index (χ3v) is 7.17. The van der Waals surface area contributed by atoms with Crippen LogP contribution in [0.25, 0.3) is 0 Å². The molecular formula is C18H20F3N3O3S2. The molecule has 11 heteroatoms. The van der Waals surface area contributed by atoms with Gasteiger partial charge in [0.15, 0.2) is 15.0 Å². The van der Waals surface area contributed by atoms with E-state index in [0.29, 0.717) is 36.1 Å². The Morgan fingerprint density at radius 2 is 2.00 bits per heavy atom. The molecule has 1 aliphatic heterocycles. The molecule has 1 aliphatic rings. The molecule has 1 atom stereocenters. The number of hydrogen-bond acceptors (Lipinski definition) is 6. The van der Waals surface area contributed by atoms with E-state index < -0.39 is 16.2 Å². The first-order valence-corrected chi connectivity index (χ1v) is 11.7. The largest absolute Gasteiger partial charge is 0.573 e. The second-order valence-electron chi connectivity index (χ2n) is 6.63. The topological polar surface area (TPSA) is 74.1 Å².